The maximum Gasteiger partial charge on any atom is 0.210 e. The van der Waals surface area contributed by atoms with Crippen LogP contribution >= 0.6 is 0 Å². The first-order valence-corrected chi connectivity index (χ1v) is 13.3. The molecule has 0 spiro atoms. The number of nitrogens with one attached hydrogen (secondary N) is 2. The molecule has 0 aliphatic carbocycles. The van der Waals surface area contributed by atoms with Crippen molar-refractivity contribution in [1.82, 2.24) is 10.4 Å². The highest BCUT2D eigenvalue weighted by atomic mass is 15.6. The fourth-order valence-electron chi connectivity index (χ4n) is 4.76. The highest BCUT2D eigenvalue weighted by molar-refractivity contribution is 5.93. The number of hydrazine groups is 1. The van der Waals surface area contributed by atoms with E-state index in [-0.39, 0.29) is 5.41 Å². The van der Waals surface area contributed by atoms with E-state index >= 15 is 0 Å². The van der Waals surface area contributed by atoms with E-state index in [0.717, 1.165) is 31.1 Å². The molecule has 2 aromatic carbocycles. The summed E-state index contributed by atoms with van der Waals surface area (Å²) < 4.78 is 0. The van der Waals surface area contributed by atoms with E-state index < -0.39 is 0 Å². The predicted octanol–water partition coefficient (Wildman–Crippen LogP) is 7.46. The predicted molar refractivity (Wildman–Crippen MR) is 147 cm³/mol. The number of guanidine groups is 1. The van der Waals surface area contributed by atoms with Gasteiger partial charge in [0.1, 0.15) is 0 Å². The molecule has 1 atom stereocenters. The molecule has 3 rings (SSSR count). The van der Waals surface area contributed by atoms with Crippen LogP contribution < -0.4 is 10.3 Å². The van der Waals surface area contributed by atoms with E-state index in [4.69, 9.17) is 5.41 Å². The normalized spacial score (nSPS) is 16.3. The lowest BCUT2D eigenvalue weighted by molar-refractivity contribution is 0.150. The zero-order valence-corrected chi connectivity index (χ0v) is 22.3. The van der Waals surface area contributed by atoms with Crippen LogP contribution in [0.5, 0.6) is 0 Å². The molecule has 1 fully saturated rings. The van der Waals surface area contributed by atoms with Gasteiger partial charge in [-0.3, -0.25) is 10.8 Å². The van der Waals surface area contributed by atoms with Crippen LogP contribution in [0.3, 0.4) is 0 Å². The number of nitrogens with zero attached hydrogens (tertiary/aromatic N) is 2. The highest BCUT2D eigenvalue weighted by Crippen LogP contribution is 2.26. The summed E-state index contributed by atoms with van der Waals surface area (Å²) in [5.41, 5.74) is 8.54. The lowest BCUT2D eigenvalue weighted by Crippen LogP contribution is -2.52. The number of rotatable bonds is 8. The van der Waals surface area contributed by atoms with E-state index in [1.165, 1.54) is 42.4 Å². The van der Waals surface area contributed by atoms with Crippen molar-refractivity contribution in [1.29, 1.82) is 5.41 Å². The number of hydrogen-bond donors (Lipinski definition) is 2. The van der Waals surface area contributed by atoms with Crippen molar-refractivity contribution in [3.63, 3.8) is 0 Å². The van der Waals surface area contributed by atoms with Gasteiger partial charge in [0, 0.05) is 18.8 Å². The molecule has 34 heavy (non-hydrogen) atoms. The van der Waals surface area contributed by atoms with E-state index in [2.05, 4.69) is 105 Å². The van der Waals surface area contributed by atoms with Gasteiger partial charge in [0.2, 0.25) is 5.96 Å². The SMILES string of the molecule is CCCC1CCN(NC(=N)N(Cc2ccc(C(C)(C)C)cc2)c2ccc(C(C)CC)cc2)CC1. The summed E-state index contributed by atoms with van der Waals surface area (Å²) in [7, 11) is 0. The van der Waals surface area contributed by atoms with Gasteiger partial charge in [-0.05, 0) is 65.3 Å². The Bertz CT molecular complexity index is 887. The third kappa shape index (κ3) is 7.09. The molecule has 1 saturated heterocycles. The van der Waals surface area contributed by atoms with Gasteiger partial charge in [0.25, 0.3) is 0 Å². The van der Waals surface area contributed by atoms with Gasteiger partial charge in [-0.1, -0.05) is 90.8 Å². The van der Waals surface area contributed by atoms with Crippen LogP contribution in [0.15, 0.2) is 48.5 Å². The van der Waals surface area contributed by atoms with Crippen LogP contribution in [0.25, 0.3) is 0 Å². The number of anilines is 1. The zero-order valence-electron chi connectivity index (χ0n) is 22.3. The topological polar surface area (TPSA) is 42.4 Å². The molecule has 4 nitrogen and oxygen atoms in total. The Morgan fingerprint density at radius 3 is 2.18 bits per heavy atom. The molecule has 1 heterocycles. The molecule has 2 aromatic rings. The lowest BCUT2D eigenvalue weighted by Gasteiger charge is -2.35. The standard InChI is InChI=1S/C30H46N4/c1-7-9-24-18-20-33(21-19-24)32-29(31)34(28-16-12-26(13-17-28)23(3)8-2)22-25-10-14-27(15-11-25)30(4,5)6/h10-17,23-24H,7-9,18-22H2,1-6H3,(H2,31,32). The molecule has 2 N–H and O–H groups in total. The Labute approximate surface area is 208 Å². The average molecular weight is 463 g/mol. The maximum absolute atomic E-state index is 8.99. The Hall–Kier alpha value is -2.33. The van der Waals surface area contributed by atoms with Crippen molar-refractivity contribution in [2.24, 2.45) is 5.92 Å². The smallest absolute Gasteiger partial charge is 0.210 e. The monoisotopic (exact) mass is 462 g/mol. The fourth-order valence-corrected chi connectivity index (χ4v) is 4.76. The Morgan fingerprint density at radius 1 is 1.03 bits per heavy atom. The summed E-state index contributed by atoms with van der Waals surface area (Å²) in [6, 6.07) is 17.7. The molecule has 1 aliphatic heterocycles. The van der Waals surface area contributed by atoms with Crippen molar-refractivity contribution in [3.05, 3.63) is 65.2 Å². The summed E-state index contributed by atoms with van der Waals surface area (Å²) in [5, 5.41) is 11.2. The van der Waals surface area contributed by atoms with Crippen molar-refractivity contribution in [2.75, 3.05) is 18.0 Å². The third-order valence-corrected chi connectivity index (χ3v) is 7.39. The zero-order chi connectivity index (χ0) is 24.7. The van der Waals surface area contributed by atoms with Gasteiger partial charge in [-0.15, -0.1) is 0 Å². The number of benzene rings is 2. The molecule has 0 radical (unpaired) electrons. The molecular formula is C30H46N4. The fraction of sp³-hybridized carbons (Fsp3) is 0.567. The lowest BCUT2D eigenvalue weighted by atomic mass is 9.87. The van der Waals surface area contributed by atoms with Crippen molar-refractivity contribution in [2.45, 2.75) is 91.5 Å². The van der Waals surface area contributed by atoms with Gasteiger partial charge < -0.3 is 4.90 Å². The van der Waals surface area contributed by atoms with E-state index in [1.54, 1.807) is 0 Å². The van der Waals surface area contributed by atoms with Crippen LogP contribution in [0.4, 0.5) is 5.69 Å². The molecular weight excluding hydrogens is 416 g/mol. The van der Waals surface area contributed by atoms with E-state index in [1.807, 2.05) is 0 Å². The molecule has 1 unspecified atom stereocenters. The van der Waals surface area contributed by atoms with Crippen LogP contribution in [0.1, 0.15) is 96.3 Å². The molecule has 1 aliphatic rings. The van der Waals surface area contributed by atoms with Crippen molar-refractivity contribution < 1.29 is 0 Å². The van der Waals surface area contributed by atoms with Gasteiger partial charge in [-0.2, -0.15) is 0 Å². The third-order valence-electron chi connectivity index (χ3n) is 7.39. The second kappa shape index (κ2) is 11.9. The van der Waals surface area contributed by atoms with Gasteiger partial charge in [0.15, 0.2) is 0 Å². The molecule has 0 amide bonds. The first-order chi connectivity index (χ1) is 16.2. The minimum atomic E-state index is 0.141. The molecule has 186 valence electrons. The van der Waals surface area contributed by atoms with Gasteiger partial charge in [0.05, 0.1) is 6.54 Å². The van der Waals surface area contributed by atoms with Gasteiger partial charge in [-0.25, -0.2) is 5.01 Å². The highest BCUT2D eigenvalue weighted by Gasteiger charge is 2.22. The maximum atomic E-state index is 8.99. The minimum absolute atomic E-state index is 0.141. The minimum Gasteiger partial charge on any atom is -0.307 e. The van der Waals surface area contributed by atoms with Crippen LogP contribution in [0, 0.1) is 11.3 Å². The Kier molecular flexibility index (Phi) is 9.18. The summed E-state index contributed by atoms with van der Waals surface area (Å²) in [4.78, 5) is 2.10. The van der Waals surface area contributed by atoms with Crippen LogP contribution in [-0.2, 0) is 12.0 Å². The molecule has 0 aromatic heterocycles. The van der Waals surface area contributed by atoms with Crippen molar-refractivity contribution >= 4 is 11.6 Å². The number of hydrogen-bond acceptors (Lipinski definition) is 2. The van der Waals surface area contributed by atoms with Crippen LogP contribution in [0.2, 0.25) is 0 Å². The largest absolute Gasteiger partial charge is 0.307 e. The summed E-state index contributed by atoms with van der Waals surface area (Å²) in [5.74, 6) is 1.84. The van der Waals surface area contributed by atoms with E-state index in [0.29, 0.717) is 18.4 Å². The molecule has 4 heteroatoms. The Balaban J connectivity index is 1.77. The average Bonchev–Trinajstić information content (AvgIpc) is 2.83. The molecule has 0 saturated carbocycles. The number of piperidine rings is 1. The van der Waals surface area contributed by atoms with Crippen molar-refractivity contribution in [3.8, 4) is 0 Å². The quantitative estimate of drug-likeness (QED) is 0.316. The second-order valence-electron chi connectivity index (χ2n) is 11.1. The first kappa shape index (κ1) is 26.3. The van der Waals surface area contributed by atoms with Gasteiger partial charge >= 0.3 is 0 Å². The summed E-state index contributed by atoms with van der Waals surface area (Å²) in [6.45, 7) is 16.2. The molecule has 0 bridgehead atoms. The van der Waals surface area contributed by atoms with E-state index in [9.17, 15) is 0 Å². The van der Waals surface area contributed by atoms with Crippen LogP contribution in [-0.4, -0.2) is 24.1 Å². The first-order valence-electron chi connectivity index (χ1n) is 13.3. The Morgan fingerprint density at radius 2 is 1.65 bits per heavy atom. The summed E-state index contributed by atoms with van der Waals surface area (Å²) in [6.07, 6.45) is 6.15. The second-order valence-corrected chi connectivity index (χ2v) is 11.1. The summed E-state index contributed by atoms with van der Waals surface area (Å²) >= 11 is 0.